The Morgan fingerprint density at radius 1 is 1.19 bits per heavy atom. The topological polar surface area (TPSA) is 94.0 Å². The lowest BCUT2D eigenvalue weighted by Crippen LogP contribution is -2.21. The third-order valence-electron chi connectivity index (χ3n) is 3.60. The summed E-state index contributed by atoms with van der Waals surface area (Å²) in [5, 5.41) is 5.83. The number of fused-ring (bicyclic) bond motifs is 1. The van der Waals surface area contributed by atoms with Gasteiger partial charge in [0.25, 0.3) is 11.4 Å². The molecule has 0 saturated heterocycles. The summed E-state index contributed by atoms with van der Waals surface area (Å²) in [6.45, 7) is 1.52. The van der Waals surface area contributed by atoms with Crippen molar-refractivity contribution < 1.29 is 26.3 Å². The molecule has 2 aromatic heterocycles. The minimum atomic E-state index is -4.99. The number of rotatable bonds is 3. The van der Waals surface area contributed by atoms with E-state index in [9.17, 15) is 26.4 Å². The molecule has 0 fully saturated rings. The maximum atomic E-state index is 12.6. The van der Waals surface area contributed by atoms with Gasteiger partial charge in [-0.15, -0.1) is 18.3 Å². The SMILES string of the molecule is Cc1cc(-n2c(=O)ccc3[nH]nc(OC(F)(F)F)c32)ccc1S(C)(=O)=O. The Bertz CT molecular complexity index is 1160. The van der Waals surface area contributed by atoms with Gasteiger partial charge in [0, 0.05) is 18.0 Å². The van der Waals surface area contributed by atoms with Gasteiger partial charge in [-0.2, -0.15) is 0 Å². The summed E-state index contributed by atoms with van der Waals surface area (Å²) >= 11 is 0. The molecule has 1 aromatic carbocycles. The maximum Gasteiger partial charge on any atom is 0.574 e. The molecule has 0 amide bonds. The van der Waals surface area contributed by atoms with Crippen molar-refractivity contribution in [1.29, 1.82) is 0 Å². The van der Waals surface area contributed by atoms with E-state index in [1.165, 1.54) is 31.2 Å². The molecule has 0 spiro atoms. The number of aromatic amines is 1. The van der Waals surface area contributed by atoms with Crippen molar-refractivity contribution in [2.45, 2.75) is 18.2 Å². The molecular weight excluding hydrogens is 375 g/mol. The van der Waals surface area contributed by atoms with Crippen LogP contribution in [-0.4, -0.2) is 35.8 Å². The zero-order valence-electron chi connectivity index (χ0n) is 13.5. The minimum absolute atomic E-state index is 0.0560. The van der Waals surface area contributed by atoms with Crippen LogP contribution in [0.2, 0.25) is 0 Å². The van der Waals surface area contributed by atoms with Gasteiger partial charge in [-0.05, 0) is 36.8 Å². The van der Waals surface area contributed by atoms with Crippen LogP contribution in [0.1, 0.15) is 5.56 Å². The Kier molecular flexibility index (Phi) is 4.06. The molecule has 0 radical (unpaired) electrons. The average Bonchev–Trinajstić information content (AvgIpc) is 2.87. The fourth-order valence-electron chi connectivity index (χ4n) is 2.63. The standard InChI is InChI=1S/C15H12F3N3O4S/c1-8-7-9(3-5-11(8)26(2,23)24)21-12(22)6-4-10-13(21)14(20-19-10)25-15(16,17)18/h3-7H,1-2H3,(H,19,20). The van der Waals surface area contributed by atoms with Gasteiger partial charge in [0.2, 0.25) is 0 Å². The molecule has 2 heterocycles. The summed E-state index contributed by atoms with van der Waals surface area (Å²) in [5.74, 6) is -0.810. The molecule has 0 saturated carbocycles. The van der Waals surface area contributed by atoms with Crippen LogP contribution >= 0.6 is 0 Å². The molecule has 0 atom stereocenters. The largest absolute Gasteiger partial charge is 0.574 e. The van der Waals surface area contributed by atoms with Crippen LogP contribution in [-0.2, 0) is 9.84 Å². The Morgan fingerprint density at radius 2 is 1.88 bits per heavy atom. The van der Waals surface area contributed by atoms with E-state index in [0.29, 0.717) is 5.56 Å². The highest BCUT2D eigenvalue weighted by atomic mass is 32.2. The molecule has 0 aliphatic rings. The third-order valence-corrected chi connectivity index (χ3v) is 4.86. The third kappa shape index (κ3) is 3.29. The molecular formula is C15H12F3N3O4S. The van der Waals surface area contributed by atoms with Gasteiger partial charge < -0.3 is 4.74 Å². The number of aromatic nitrogens is 3. The summed E-state index contributed by atoms with van der Waals surface area (Å²) in [5.41, 5.74) is -0.165. The highest BCUT2D eigenvalue weighted by molar-refractivity contribution is 7.90. The Hall–Kier alpha value is -2.82. The van der Waals surface area contributed by atoms with Crippen LogP contribution in [0.5, 0.6) is 5.88 Å². The van der Waals surface area contributed by atoms with Crippen molar-refractivity contribution in [1.82, 2.24) is 14.8 Å². The number of nitrogens with zero attached hydrogens (tertiary/aromatic N) is 2. The number of ether oxygens (including phenoxy) is 1. The summed E-state index contributed by atoms with van der Waals surface area (Å²) in [7, 11) is -3.49. The number of hydrogen-bond donors (Lipinski definition) is 1. The molecule has 0 unspecified atom stereocenters. The van der Waals surface area contributed by atoms with E-state index in [1.54, 1.807) is 0 Å². The maximum absolute atomic E-state index is 12.6. The van der Waals surface area contributed by atoms with Crippen molar-refractivity contribution in [2.75, 3.05) is 6.26 Å². The van der Waals surface area contributed by atoms with Crippen LogP contribution in [0.15, 0.2) is 40.0 Å². The first-order valence-corrected chi connectivity index (χ1v) is 9.03. The average molecular weight is 387 g/mol. The molecule has 3 rings (SSSR count). The van der Waals surface area contributed by atoms with Crippen LogP contribution in [0, 0.1) is 6.92 Å². The highest BCUT2D eigenvalue weighted by Gasteiger charge is 2.34. The van der Waals surface area contributed by atoms with Crippen molar-refractivity contribution in [3.63, 3.8) is 0 Å². The molecule has 1 N–H and O–H groups in total. The quantitative estimate of drug-likeness (QED) is 0.744. The zero-order chi connectivity index (χ0) is 19.3. The van der Waals surface area contributed by atoms with E-state index in [-0.39, 0.29) is 21.6 Å². The monoisotopic (exact) mass is 387 g/mol. The van der Waals surface area contributed by atoms with E-state index in [0.717, 1.165) is 16.9 Å². The number of pyridine rings is 1. The van der Waals surface area contributed by atoms with Gasteiger partial charge in [0.1, 0.15) is 5.52 Å². The molecule has 0 aliphatic heterocycles. The highest BCUT2D eigenvalue weighted by Crippen LogP contribution is 2.29. The van der Waals surface area contributed by atoms with Crippen molar-refractivity contribution in [3.8, 4) is 11.6 Å². The lowest BCUT2D eigenvalue weighted by molar-refractivity contribution is -0.275. The van der Waals surface area contributed by atoms with Crippen molar-refractivity contribution in [3.05, 3.63) is 46.2 Å². The van der Waals surface area contributed by atoms with Crippen LogP contribution in [0.25, 0.3) is 16.7 Å². The second-order valence-electron chi connectivity index (χ2n) is 5.57. The first kappa shape index (κ1) is 18.0. The summed E-state index contributed by atoms with van der Waals surface area (Å²) in [6, 6.07) is 6.44. The second-order valence-corrected chi connectivity index (χ2v) is 7.55. The Balaban J connectivity index is 2.28. The van der Waals surface area contributed by atoms with Gasteiger partial charge in [-0.25, -0.2) is 8.42 Å². The van der Waals surface area contributed by atoms with E-state index in [2.05, 4.69) is 14.9 Å². The summed E-state index contributed by atoms with van der Waals surface area (Å²) in [6.07, 6.45) is -3.96. The van der Waals surface area contributed by atoms with E-state index < -0.39 is 27.6 Å². The molecule has 0 aliphatic carbocycles. The van der Waals surface area contributed by atoms with Crippen molar-refractivity contribution >= 4 is 20.9 Å². The van der Waals surface area contributed by atoms with Gasteiger partial charge in [0.15, 0.2) is 9.84 Å². The lowest BCUT2D eigenvalue weighted by atomic mass is 10.2. The normalized spacial score (nSPS) is 12.5. The van der Waals surface area contributed by atoms with Gasteiger partial charge in [-0.3, -0.25) is 14.5 Å². The van der Waals surface area contributed by atoms with E-state index >= 15 is 0 Å². The molecule has 138 valence electrons. The molecule has 7 nitrogen and oxygen atoms in total. The number of sulfone groups is 1. The van der Waals surface area contributed by atoms with Gasteiger partial charge in [0.05, 0.1) is 10.4 Å². The number of nitrogens with one attached hydrogen (secondary N) is 1. The molecule has 11 heteroatoms. The summed E-state index contributed by atoms with van der Waals surface area (Å²) in [4.78, 5) is 12.4. The fraction of sp³-hybridized carbons (Fsp3) is 0.200. The number of H-pyrrole nitrogens is 1. The minimum Gasteiger partial charge on any atom is -0.384 e. The fourth-order valence-corrected chi connectivity index (χ4v) is 3.59. The lowest BCUT2D eigenvalue weighted by Gasteiger charge is -2.12. The van der Waals surface area contributed by atoms with Crippen LogP contribution < -0.4 is 10.3 Å². The van der Waals surface area contributed by atoms with Crippen LogP contribution in [0.4, 0.5) is 13.2 Å². The van der Waals surface area contributed by atoms with Gasteiger partial charge in [-0.1, -0.05) is 0 Å². The first-order valence-electron chi connectivity index (χ1n) is 7.14. The van der Waals surface area contributed by atoms with Crippen molar-refractivity contribution in [2.24, 2.45) is 0 Å². The zero-order valence-corrected chi connectivity index (χ0v) is 14.3. The van der Waals surface area contributed by atoms with Crippen LogP contribution in [0.3, 0.4) is 0 Å². The number of aryl methyl sites for hydroxylation is 1. The molecule has 0 bridgehead atoms. The number of hydrogen-bond acceptors (Lipinski definition) is 5. The predicted octanol–water partition coefficient (Wildman–Crippen LogP) is 2.32. The first-order chi connectivity index (χ1) is 12.0. The Morgan fingerprint density at radius 3 is 2.46 bits per heavy atom. The Labute approximate surface area is 144 Å². The number of alkyl halides is 3. The van der Waals surface area contributed by atoms with E-state index in [1.807, 2.05) is 0 Å². The number of halogens is 3. The molecule has 26 heavy (non-hydrogen) atoms. The smallest absolute Gasteiger partial charge is 0.384 e. The number of benzene rings is 1. The van der Waals surface area contributed by atoms with E-state index in [4.69, 9.17) is 0 Å². The second kappa shape index (κ2) is 5.87. The molecule has 3 aromatic rings. The summed E-state index contributed by atoms with van der Waals surface area (Å²) < 4.78 is 66.1. The van der Waals surface area contributed by atoms with Gasteiger partial charge >= 0.3 is 6.36 Å². The predicted molar refractivity (Wildman–Crippen MR) is 86.2 cm³/mol.